The Morgan fingerprint density at radius 2 is 1.33 bits per heavy atom. The second-order valence-electron chi connectivity index (χ2n) is 6.10. The van der Waals surface area contributed by atoms with Gasteiger partial charge < -0.3 is 0 Å². The zero-order valence-corrected chi connectivity index (χ0v) is 14.7. The molecule has 0 saturated heterocycles. The lowest BCUT2D eigenvalue weighted by atomic mass is 10.2. The average Bonchev–Trinajstić information content (AvgIpc) is 3.48. The molecule has 0 fully saturated rings. The molecule has 27 heavy (non-hydrogen) atoms. The Morgan fingerprint density at radius 1 is 0.593 bits per heavy atom. The Balaban J connectivity index is 0.0000001000. The number of aromatic nitrogens is 3. The van der Waals surface area contributed by atoms with Crippen LogP contribution in [0.5, 0.6) is 0 Å². The lowest BCUT2D eigenvalue weighted by molar-refractivity contribution is 1.02. The van der Waals surface area contributed by atoms with E-state index in [1.165, 1.54) is 16.7 Å². The summed E-state index contributed by atoms with van der Waals surface area (Å²) in [4.78, 5) is 24.3. The van der Waals surface area contributed by atoms with Crippen molar-refractivity contribution in [2.24, 2.45) is 15.0 Å². The number of fused-ring (bicyclic) bond motifs is 3. The monoisotopic (exact) mass is 354 g/mol. The number of nitrogens with zero attached hydrogens (tertiary/aromatic N) is 6. The van der Waals surface area contributed by atoms with E-state index in [0.29, 0.717) is 0 Å². The predicted molar refractivity (Wildman–Crippen MR) is 107 cm³/mol. The summed E-state index contributed by atoms with van der Waals surface area (Å²) in [5, 5.41) is 0. The molecule has 3 aromatic rings. The largest absolute Gasteiger partial charge is 0.288 e. The SMILES string of the molecule is C1=NCc2ccncc21.C1=NCc2cnccc21.C1=NCc2ncccc21. The molecule has 0 atom stereocenters. The molecule has 3 aliphatic heterocycles. The van der Waals surface area contributed by atoms with Crippen LogP contribution in [0.15, 0.2) is 70.2 Å². The van der Waals surface area contributed by atoms with Crippen LogP contribution in [0.2, 0.25) is 0 Å². The van der Waals surface area contributed by atoms with Gasteiger partial charge >= 0.3 is 0 Å². The van der Waals surface area contributed by atoms with E-state index in [4.69, 9.17) is 0 Å². The molecule has 0 saturated carbocycles. The van der Waals surface area contributed by atoms with Crippen molar-refractivity contribution >= 4 is 18.6 Å². The van der Waals surface area contributed by atoms with Crippen molar-refractivity contribution in [2.45, 2.75) is 19.6 Å². The lowest BCUT2D eigenvalue weighted by Crippen LogP contribution is -1.85. The fourth-order valence-electron chi connectivity index (χ4n) is 2.81. The van der Waals surface area contributed by atoms with Crippen molar-refractivity contribution in [3.05, 3.63) is 88.8 Å². The molecule has 6 nitrogen and oxygen atoms in total. The van der Waals surface area contributed by atoms with Crippen LogP contribution in [0.1, 0.15) is 33.5 Å². The van der Waals surface area contributed by atoms with Crippen LogP contribution in [-0.4, -0.2) is 33.6 Å². The molecule has 0 amide bonds. The highest BCUT2D eigenvalue weighted by Crippen LogP contribution is 2.11. The van der Waals surface area contributed by atoms with E-state index in [1.807, 2.05) is 55.3 Å². The number of hydrogen-bond donors (Lipinski definition) is 0. The average molecular weight is 354 g/mol. The van der Waals surface area contributed by atoms with Gasteiger partial charge in [-0.1, -0.05) is 6.07 Å². The molecule has 0 spiro atoms. The van der Waals surface area contributed by atoms with Crippen LogP contribution in [0.25, 0.3) is 0 Å². The van der Waals surface area contributed by atoms with Crippen molar-refractivity contribution in [3.8, 4) is 0 Å². The Kier molecular flexibility index (Phi) is 5.15. The van der Waals surface area contributed by atoms with Gasteiger partial charge in [0.25, 0.3) is 0 Å². The fraction of sp³-hybridized carbons (Fsp3) is 0.143. The lowest BCUT2D eigenvalue weighted by Gasteiger charge is -1.90. The topological polar surface area (TPSA) is 75.8 Å². The minimum absolute atomic E-state index is 0.760. The second-order valence-corrected chi connectivity index (χ2v) is 6.10. The highest BCUT2D eigenvalue weighted by Gasteiger charge is 2.04. The third-order valence-electron chi connectivity index (χ3n) is 4.27. The fourth-order valence-corrected chi connectivity index (χ4v) is 2.81. The second kappa shape index (κ2) is 8.23. The number of aliphatic imine (C=N–C) groups is 3. The Morgan fingerprint density at radius 3 is 2.19 bits per heavy atom. The van der Waals surface area contributed by atoms with Crippen LogP contribution in [0.3, 0.4) is 0 Å². The van der Waals surface area contributed by atoms with Crippen molar-refractivity contribution in [1.29, 1.82) is 0 Å². The summed E-state index contributed by atoms with van der Waals surface area (Å²) in [6.07, 6.45) is 14.7. The van der Waals surface area contributed by atoms with Crippen LogP contribution >= 0.6 is 0 Å². The summed E-state index contributed by atoms with van der Waals surface area (Å²) in [6, 6.07) is 7.93. The third-order valence-corrected chi connectivity index (χ3v) is 4.27. The molecule has 0 radical (unpaired) electrons. The quantitative estimate of drug-likeness (QED) is 0.623. The summed E-state index contributed by atoms with van der Waals surface area (Å²) in [5.74, 6) is 0. The zero-order valence-electron chi connectivity index (χ0n) is 14.7. The van der Waals surface area contributed by atoms with E-state index in [1.54, 1.807) is 18.6 Å². The molecule has 0 aromatic carbocycles. The molecular weight excluding hydrogens is 336 g/mol. The summed E-state index contributed by atoms with van der Waals surface area (Å²) in [7, 11) is 0. The maximum Gasteiger partial charge on any atom is 0.0818 e. The van der Waals surface area contributed by atoms with Crippen molar-refractivity contribution in [1.82, 2.24) is 15.0 Å². The molecule has 132 valence electrons. The smallest absolute Gasteiger partial charge is 0.0818 e. The number of pyridine rings is 3. The van der Waals surface area contributed by atoms with E-state index in [2.05, 4.69) is 29.9 Å². The molecule has 0 aliphatic carbocycles. The summed E-state index contributed by atoms with van der Waals surface area (Å²) in [6.45, 7) is 2.40. The molecule has 3 aromatic heterocycles. The van der Waals surface area contributed by atoms with Gasteiger partial charge in [0.05, 0.1) is 25.3 Å². The van der Waals surface area contributed by atoms with Crippen molar-refractivity contribution < 1.29 is 0 Å². The Bertz CT molecular complexity index is 890. The summed E-state index contributed by atoms with van der Waals surface area (Å²) in [5.41, 5.74) is 7.15. The van der Waals surface area contributed by atoms with E-state index in [-0.39, 0.29) is 0 Å². The van der Waals surface area contributed by atoms with Crippen LogP contribution in [0, 0.1) is 0 Å². The Hall–Kier alpha value is -3.54. The first-order chi connectivity index (χ1) is 13.4. The van der Waals surface area contributed by atoms with Gasteiger partial charge in [-0.05, 0) is 23.8 Å². The van der Waals surface area contributed by atoms with Crippen LogP contribution in [0.4, 0.5) is 0 Å². The van der Waals surface area contributed by atoms with Gasteiger partial charge in [-0.15, -0.1) is 0 Å². The van der Waals surface area contributed by atoms with Gasteiger partial charge in [0.1, 0.15) is 0 Å². The van der Waals surface area contributed by atoms with Gasteiger partial charge in [-0.3, -0.25) is 29.9 Å². The normalized spacial score (nSPS) is 13.8. The highest BCUT2D eigenvalue weighted by molar-refractivity contribution is 5.84. The Labute approximate surface area is 157 Å². The molecule has 6 rings (SSSR count). The first-order valence-electron chi connectivity index (χ1n) is 8.69. The first-order valence-corrected chi connectivity index (χ1v) is 8.69. The molecule has 6 heteroatoms. The van der Waals surface area contributed by atoms with Gasteiger partial charge in [0, 0.05) is 71.9 Å². The van der Waals surface area contributed by atoms with E-state index < -0.39 is 0 Å². The van der Waals surface area contributed by atoms with Gasteiger partial charge in [0.15, 0.2) is 0 Å². The van der Waals surface area contributed by atoms with E-state index in [9.17, 15) is 0 Å². The maximum absolute atomic E-state index is 4.13. The summed E-state index contributed by atoms with van der Waals surface area (Å²) >= 11 is 0. The third kappa shape index (κ3) is 4.17. The predicted octanol–water partition coefficient (Wildman–Crippen LogP) is 3.04. The minimum atomic E-state index is 0.760. The number of rotatable bonds is 0. The molecule has 6 heterocycles. The highest BCUT2D eigenvalue weighted by atomic mass is 14.8. The van der Waals surface area contributed by atoms with Gasteiger partial charge in [-0.2, -0.15) is 0 Å². The van der Waals surface area contributed by atoms with Gasteiger partial charge in [0.2, 0.25) is 0 Å². The van der Waals surface area contributed by atoms with Crippen LogP contribution in [-0.2, 0) is 19.6 Å². The van der Waals surface area contributed by atoms with Crippen molar-refractivity contribution in [3.63, 3.8) is 0 Å². The standard InChI is InChI=1S/3C7H6N2/c2*1-2-8-4-7-5-9-3-6(1)7;1-2-6-4-8-5-7(6)9-3-1/h1-2,4-5H,3H2;2*1-4H,5H2. The van der Waals surface area contributed by atoms with E-state index in [0.717, 1.165) is 36.5 Å². The molecule has 0 N–H and O–H groups in total. The summed E-state index contributed by atoms with van der Waals surface area (Å²) < 4.78 is 0. The minimum Gasteiger partial charge on any atom is -0.288 e. The first kappa shape index (κ1) is 16.9. The number of hydrogen-bond acceptors (Lipinski definition) is 6. The molecular formula is C21H18N6. The van der Waals surface area contributed by atoms with Gasteiger partial charge in [-0.25, -0.2) is 0 Å². The maximum atomic E-state index is 4.13. The molecule has 3 aliphatic rings. The molecule has 0 unspecified atom stereocenters. The van der Waals surface area contributed by atoms with Crippen LogP contribution < -0.4 is 0 Å². The van der Waals surface area contributed by atoms with Crippen molar-refractivity contribution in [2.75, 3.05) is 0 Å². The molecule has 0 bridgehead atoms. The zero-order chi connectivity index (χ0) is 18.3. The van der Waals surface area contributed by atoms with E-state index >= 15 is 0 Å².